The minimum Gasteiger partial charge on any atom is -0.496 e. The average molecular weight is 333 g/mol. The molecule has 0 amide bonds. The zero-order valence-electron chi connectivity index (χ0n) is 11.3. The van der Waals surface area contributed by atoms with Gasteiger partial charge in [-0.3, -0.25) is 0 Å². The SMILES string of the molecule is COc1cc(Br)ccc1C(O)C1CC1c1ccccc1. The molecule has 2 aromatic carbocycles. The Morgan fingerprint density at radius 2 is 1.95 bits per heavy atom. The van der Waals surface area contributed by atoms with Crippen molar-refractivity contribution in [1.29, 1.82) is 0 Å². The molecule has 1 aliphatic carbocycles. The molecule has 0 aliphatic heterocycles. The molecule has 1 saturated carbocycles. The van der Waals surface area contributed by atoms with Gasteiger partial charge in [0.2, 0.25) is 0 Å². The van der Waals surface area contributed by atoms with Crippen LogP contribution in [0, 0.1) is 5.92 Å². The van der Waals surface area contributed by atoms with E-state index in [1.54, 1.807) is 7.11 Å². The normalized spacial score (nSPS) is 22.4. The van der Waals surface area contributed by atoms with E-state index in [-0.39, 0.29) is 5.92 Å². The van der Waals surface area contributed by atoms with Crippen LogP contribution in [0.5, 0.6) is 5.75 Å². The fraction of sp³-hybridized carbons (Fsp3) is 0.294. The van der Waals surface area contributed by atoms with Gasteiger partial charge in [-0.15, -0.1) is 0 Å². The van der Waals surface area contributed by atoms with Crippen LogP contribution in [0.3, 0.4) is 0 Å². The monoisotopic (exact) mass is 332 g/mol. The van der Waals surface area contributed by atoms with Gasteiger partial charge in [0.05, 0.1) is 13.2 Å². The zero-order valence-corrected chi connectivity index (χ0v) is 12.9. The van der Waals surface area contributed by atoms with Crippen molar-refractivity contribution in [1.82, 2.24) is 0 Å². The summed E-state index contributed by atoms with van der Waals surface area (Å²) in [6.07, 6.45) is 0.563. The number of methoxy groups -OCH3 is 1. The van der Waals surface area contributed by atoms with E-state index >= 15 is 0 Å². The first-order chi connectivity index (χ1) is 9.70. The van der Waals surface area contributed by atoms with Crippen LogP contribution >= 0.6 is 15.9 Å². The molecule has 20 heavy (non-hydrogen) atoms. The highest BCUT2D eigenvalue weighted by Gasteiger charge is 2.44. The van der Waals surface area contributed by atoms with Crippen molar-refractivity contribution < 1.29 is 9.84 Å². The summed E-state index contributed by atoms with van der Waals surface area (Å²) in [4.78, 5) is 0. The first-order valence-corrected chi connectivity index (χ1v) is 7.56. The maximum Gasteiger partial charge on any atom is 0.125 e. The summed E-state index contributed by atoms with van der Waals surface area (Å²) in [5.41, 5.74) is 2.19. The fourth-order valence-corrected chi connectivity index (χ4v) is 3.15. The third-order valence-electron chi connectivity index (χ3n) is 3.99. The number of aliphatic hydroxyl groups excluding tert-OH is 1. The molecule has 0 saturated heterocycles. The highest BCUT2D eigenvalue weighted by atomic mass is 79.9. The predicted molar refractivity (Wildman–Crippen MR) is 82.9 cm³/mol. The topological polar surface area (TPSA) is 29.5 Å². The van der Waals surface area contributed by atoms with Gasteiger partial charge in [0, 0.05) is 10.0 Å². The standard InChI is InChI=1S/C17H17BrO2/c1-20-16-9-12(18)7-8-13(16)17(19)15-10-14(15)11-5-3-2-4-6-11/h2-9,14-15,17,19H,10H2,1H3. The van der Waals surface area contributed by atoms with E-state index < -0.39 is 6.10 Å². The van der Waals surface area contributed by atoms with Crippen LogP contribution < -0.4 is 4.74 Å². The van der Waals surface area contributed by atoms with Crippen LogP contribution in [0.1, 0.15) is 29.6 Å². The Hall–Kier alpha value is -1.32. The Labute approximate surface area is 127 Å². The van der Waals surface area contributed by atoms with Crippen LogP contribution in [-0.2, 0) is 0 Å². The summed E-state index contributed by atoms with van der Waals surface area (Å²) in [6, 6.07) is 16.2. The average Bonchev–Trinajstić information content (AvgIpc) is 3.28. The molecule has 0 spiro atoms. The minimum atomic E-state index is -0.469. The summed E-state index contributed by atoms with van der Waals surface area (Å²) >= 11 is 3.43. The molecule has 3 rings (SSSR count). The van der Waals surface area contributed by atoms with E-state index in [0.29, 0.717) is 5.92 Å². The van der Waals surface area contributed by atoms with Crippen molar-refractivity contribution in [2.45, 2.75) is 18.4 Å². The maximum absolute atomic E-state index is 10.6. The molecule has 0 bridgehead atoms. The quantitative estimate of drug-likeness (QED) is 0.904. The number of benzene rings is 2. The molecule has 3 heteroatoms. The third kappa shape index (κ3) is 2.60. The number of rotatable bonds is 4. The summed E-state index contributed by atoms with van der Waals surface area (Å²) in [5.74, 6) is 1.48. The minimum absolute atomic E-state index is 0.285. The van der Waals surface area contributed by atoms with Crippen molar-refractivity contribution in [3.63, 3.8) is 0 Å². The lowest BCUT2D eigenvalue weighted by atomic mass is 10.0. The van der Waals surface area contributed by atoms with Gasteiger partial charge < -0.3 is 9.84 Å². The molecule has 0 aromatic heterocycles. The van der Waals surface area contributed by atoms with E-state index in [1.807, 2.05) is 24.3 Å². The van der Waals surface area contributed by atoms with Crippen molar-refractivity contribution in [2.24, 2.45) is 5.92 Å². The fourth-order valence-electron chi connectivity index (χ4n) is 2.81. The number of hydrogen-bond acceptors (Lipinski definition) is 2. The smallest absolute Gasteiger partial charge is 0.125 e. The summed E-state index contributed by atoms with van der Waals surface area (Å²) in [5, 5.41) is 10.6. The van der Waals surface area contributed by atoms with Gasteiger partial charge in [-0.1, -0.05) is 52.3 Å². The predicted octanol–water partition coefficient (Wildman–Crippen LogP) is 4.29. The maximum atomic E-state index is 10.6. The lowest BCUT2D eigenvalue weighted by Crippen LogP contribution is -2.04. The Morgan fingerprint density at radius 1 is 1.20 bits per heavy atom. The highest BCUT2D eigenvalue weighted by molar-refractivity contribution is 9.10. The van der Waals surface area contributed by atoms with Crippen molar-refractivity contribution in [2.75, 3.05) is 7.11 Å². The first kappa shape index (κ1) is 13.7. The van der Waals surface area contributed by atoms with Crippen LogP contribution in [0.25, 0.3) is 0 Å². The number of aliphatic hydroxyl groups is 1. The van der Waals surface area contributed by atoms with E-state index in [1.165, 1.54) is 5.56 Å². The molecule has 1 N–H and O–H groups in total. The molecule has 3 atom stereocenters. The molecule has 2 nitrogen and oxygen atoms in total. The second-order valence-corrected chi connectivity index (χ2v) is 6.16. The molecule has 3 unspecified atom stereocenters. The molecule has 1 aliphatic rings. The first-order valence-electron chi connectivity index (χ1n) is 6.77. The van der Waals surface area contributed by atoms with Gasteiger partial charge in [-0.05, 0) is 36.0 Å². The Kier molecular flexibility index (Phi) is 3.81. The Morgan fingerprint density at radius 3 is 2.65 bits per heavy atom. The lowest BCUT2D eigenvalue weighted by molar-refractivity contribution is 0.147. The van der Waals surface area contributed by atoms with Gasteiger partial charge in [0.1, 0.15) is 5.75 Å². The van der Waals surface area contributed by atoms with Crippen molar-refractivity contribution >= 4 is 15.9 Å². The molecular weight excluding hydrogens is 316 g/mol. The van der Waals surface area contributed by atoms with E-state index in [2.05, 4.69) is 40.2 Å². The van der Waals surface area contributed by atoms with E-state index in [0.717, 1.165) is 22.2 Å². The van der Waals surface area contributed by atoms with Gasteiger partial charge >= 0.3 is 0 Å². The van der Waals surface area contributed by atoms with E-state index in [9.17, 15) is 5.11 Å². The summed E-state index contributed by atoms with van der Waals surface area (Å²) in [6.45, 7) is 0. The number of halogens is 1. The summed E-state index contributed by atoms with van der Waals surface area (Å²) < 4.78 is 6.34. The second-order valence-electron chi connectivity index (χ2n) is 5.25. The zero-order chi connectivity index (χ0) is 14.1. The van der Waals surface area contributed by atoms with Crippen LogP contribution in [0.4, 0.5) is 0 Å². The largest absolute Gasteiger partial charge is 0.496 e. The molecular formula is C17H17BrO2. The number of hydrogen-bond donors (Lipinski definition) is 1. The number of ether oxygens (including phenoxy) is 1. The summed E-state index contributed by atoms with van der Waals surface area (Å²) in [7, 11) is 1.64. The van der Waals surface area contributed by atoms with Crippen LogP contribution in [0.2, 0.25) is 0 Å². The molecule has 0 heterocycles. The third-order valence-corrected chi connectivity index (χ3v) is 4.48. The van der Waals surface area contributed by atoms with Gasteiger partial charge in [-0.25, -0.2) is 0 Å². The Bertz CT molecular complexity index is 597. The molecule has 2 aromatic rings. The van der Waals surface area contributed by atoms with Crippen LogP contribution in [-0.4, -0.2) is 12.2 Å². The van der Waals surface area contributed by atoms with Gasteiger partial charge in [0.25, 0.3) is 0 Å². The molecule has 0 radical (unpaired) electrons. The molecule has 104 valence electrons. The molecule has 1 fully saturated rings. The second kappa shape index (κ2) is 5.58. The van der Waals surface area contributed by atoms with Gasteiger partial charge in [-0.2, -0.15) is 0 Å². The Balaban J connectivity index is 1.80. The lowest BCUT2D eigenvalue weighted by Gasteiger charge is -2.15. The van der Waals surface area contributed by atoms with E-state index in [4.69, 9.17) is 4.74 Å². The van der Waals surface area contributed by atoms with Crippen molar-refractivity contribution in [3.05, 3.63) is 64.1 Å². The van der Waals surface area contributed by atoms with Crippen molar-refractivity contribution in [3.8, 4) is 5.75 Å². The highest BCUT2D eigenvalue weighted by Crippen LogP contribution is 2.55. The van der Waals surface area contributed by atoms with Crippen LogP contribution in [0.15, 0.2) is 53.0 Å². The van der Waals surface area contributed by atoms with Gasteiger partial charge in [0.15, 0.2) is 0 Å².